The van der Waals surface area contributed by atoms with E-state index in [4.69, 9.17) is 0 Å². The lowest BCUT2D eigenvalue weighted by Crippen LogP contribution is -2.09. The van der Waals surface area contributed by atoms with Crippen LogP contribution in [0.3, 0.4) is 0 Å². The summed E-state index contributed by atoms with van der Waals surface area (Å²) in [4.78, 5) is 16.3. The minimum atomic E-state index is -0.243. The molecular formula is C12H14N2O. The summed E-state index contributed by atoms with van der Waals surface area (Å²) in [5.41, 5.74) is 2.04. The van der Waals surface area contributed by atoms with E-state index in [2.05, 4.69) is 17.1 Å². The lowest BCUT2D eigenvalue weighted by molar-refractivity contribution is 0.556. The van der Waals surface area contributed by atoms with Gasteiger partial charge in [0.25, 0.3) is 0 Å². The Kier molecular flexibility index (Phi) is 2.33. The van der Waals surface area contributed by atoms with Gasteiger partial charge in [0, 0.05) is 19.8 Å². The average Bonchev–Trinajstić information content (AvgIpc) is 3.00. The Bertz CT molecular complexity index is 398. The fourth-order valence-electron chi connectivity index (χ4n) is 1.74. The second-order valence-corrected chi connectivity index (χ2v) is 4.18. The van der Waals surface area contributed by atoms with Gasteiger partial charge in [-0.25, -0.2) is 4.79 Å². The summed E-state index contributed by atoms with van der Waals surface area (Å²) in [5.74, 6) is 0. The van der Waals surface area contributed by atoms with Crippen LogP contribution in [0.15, 0.2) is 29.3 Å². The smallest absolute Gasteiger partial charge is 0.235 e. The fourth-order valence-corrected chi connectivity index (χ4v) is 1.74. The van der Waals surface area contributed by atoms with Crippen LogP contribution in [0.1, 0.15) is 18.4 Å². The third-order valence-corrected chi connectivity index (χ3v) is 2.90. The summed E-state index contributed by atoms with van der Waals surface area (Å²) >= 11 is 0. The zero-order valence-electron chi connectivity index (χ0n) is 9.03. The van der Waals surface area contributed by atoms with Crippen molar-refractivity contribution in [3.05, 3.63) is 29.8 Å². The van der Waals surface area contributed by atoms with E-state index in [1.54, 1.807) is 6.08 Å². The zero-order chi connectivity index (χ0) is 10.9. The van der Waals surface area contributed by atoms with E-state index in [1.165, 1.54) is 0 Å². The van der Waals surface area contributed by atoms with Crippen LogP contribution < -0.4 is 4.90 Å². The summed E-state index contributed by atoms with van der Waals surface area (Å²) in [7, 11) is 4.01. The van der Waals surface area contributed by atoms with Gasteiger partial charge in [0.2, 0.25) is 6.08 Å². The van der Waals surface area contributed by atoms with Crippen LogP contribution in [0, 0.1) is 0 Å². The first-order valence-corrected chi connectivity index (χ1v) is 5.05. The Morgan fingerprint density at radius 1 is 1.27 bits per heavy atom. The van der Waals surface area contributed by atoms with Crippen molar-refractivity contribution in [2.24, 2.45) is 4.99 Å². The van der Waals surface area contributed by atoms with Gasteiger partial charge in [-0.15, -0.1) is 0 Å². The van der Waals surface area contributed by atoms with Crippen molar-refractivity contribution >= 4 is 11.8 Å². The predicted octanol–water partition coefficient (Wildman–Crippen LogP) is 2.08. The molecule has 0 heterocycles. The van der Waals surface area contributed by atoms with Crippen LogP contribution in [0.25, 0.3) is 0 Å². The fraction of sp³-hybridized carbons (Fsp3) is 0.417. The lowest BCUT2D eigenvalue weighted by atomic mass is 10.1. The molecule has 1 saturated carbocycles. The number of aliphatic imine (C=N–C) groups is 1. The van der Waals surface area contributed by atoms with E-state index in [1.807, 2.05) is 31.1 Å². The van der Waals surface area contributed by atoms with Crippen LogP contribution in [-0.2, 0) is 10.3 Å². The molecule has 0 saturated heterocycles. The molecule has 3 nitrogen and oxygen atoms in total. The van der Waals surface area contributed by atoms with Crippen molar-refractivity contribution in [3.63, 3.8) is 0 Å². The molecule has 0 aliphatic heterocycles. The minimum absolute atomic E-state index is 0.243. The van der Waals surface area contributed by atoms with Crippen LogP contribution in [0.5, 0.6) is 0 Å². The first-order valence-electron chi connectivity index (χ1n) is 5.05. The molecule has 1 aliphatic carbocycles. The lowest BCUT2D eigenvalue weighted by Gasteiger charge is -2.14. The van der Waals surface area contributed by atoms with E-state index in [9.17, 15) is 4.79 Å². The molecule has 3 heteroatoms. The molecule has 0 amide bonds. The highest BCUT2D eigenvalue weighted by Gasteiger charge is 2.44. The number of anilines is 1. The first kappa shape index (κ1) is 9.94. The molecule has 0 unspecified atom stereocenters. The SMILES string of the molecule is CN(C)c1ccc(C2(N=C=O)CC2)cc1. The standard InChI is InChI=1S/C12H14N2O/c1-14(2)11-5-3-10(4-6-11)12(7-8-12)13-9-15/h3-6H,7-8H2,1-2H3. The van der Waals surface area contributed by atoms with Gasteiger partial charge in [-0.1, -0.05) is 12.1 Å². The molecule has 15 heavy (non-hydrogen) atoms. The average molecular weight is 202 g/mol. The number of benzene rings is 1. The maximum Gasteiger partial charge on any atom is 0.235 e. The number of hydrogen-bond donors (Lipinski definition) is 0. The Labute approximate surface area is 89.4 Å². The van der Waals surface area contributed by atoms with E-state index in [-0.39, 0.29) is 5.54 Å². The van der Waals surface area contributed by atoms with Gasteiger partial charge in [0.15, 0.2) is 0 Å². The first-order chi connectivity index (χ1) is 7.18. The van der Waals surface area contributed by atoms with Gasteiger partial charge >= 0.3 is 0 Å². The van der Waals surface area contributed by atoms with E-state index >= 15 is 0 Å². The molecule has 1 aromatic carbocycles. The van der Waals surface area contributed by atoms with Crippen molar-refractivity contribution in [2.75, 3.05) is 19.0 Å². The summed E-state index contributed by atoms with van der Waals surface area (Å²) < 4.78 is 0. The third-order valence-electron chi connectivity index (χ3n) is 2.90. The molecule has 0 bridgehead atoms. The topological polar surface area (TPSA) is 32.7 Å². The Morgan fingerprint density at radius 2 is 1.87 bits per heavy atom. The van der Waals surface area contributed by atoms with Gasteiger partial charge in [-0.2, -0.15) is 4.99 Å². The Hall–Kier alpha value is -1.60. The van der Waals surface area contributed by atoms with E-state index in [0.717, 1.165) is 24.1 Å². The summed E-state index contributed by atoms with van der Waals surface area (Å²) in [5, 5.41) is 0. The minimum Gasteiger partial charge on any atom is -0.378 e. The van der Waals surface area contributed by atoms with Gasteiger partial charge < -0.3 is 4.90 Å². The molecule has 1 aromatic rings. The molecule has 2 rings (SSSR count). The van der Waals surface area contributed by atoms with Gasteiger partial charge in [-0.05, 0) is 30.5 Å². The molecular weight excluding hydrogens is 188 g/mol. The predicted molar refractivity (Wildman–Crippen MR) is 59.8 cm³/mol. The normalized spacial score (nSPS) is 16.7. The zero-order valence-corrected chi connectivity index (χ0v) is 9.03. The number of hydrogen-bond acceptors (Lipinski definition) is 3. The van der Waals surface area contributed by atoms with Gasteiger partial charge in [-0.3, -0.25) is 0 Å². The number of rotatable bonds is 3. The van der Waals surface area contributed by atoms with E-state index in [0.29, 0.717) is 0 Å². The van der Waals surface area contributed by atoms with Crippen LogP contribution in [-0.4, -0.2) is 20.2 Å². The highest BCUT2D eigenvalue weighted by atomic mass is 16.1. The molecule has 78 valence electrons. The van der Waals surface area contributed by atoms with Gasteiger partial charge in [0.05, 0.1) is 5.54 Å². The molecule has 0 atom stereocenters. The molecule has 1 aliphatic rings. The third kappa shape index (κ3) is 1.79. The maximum atomic E-state index is 10.3. The summed E-state index contributed by atoms with van der Waals surface area (Å²) in [6.07, 6.45) is 3.59. The largest absolute Gasteiger partial charge is 0.378 e. The molecule has 1 fully saturated rings. The summed E-state index contributed by atoms with van der Waals surface area (Å²) in [6.45, 7) is 0. The van der Waals surface area contributed by atoms with Crippen molar-refractivity contribution in [1.82, 2.24) is 0 Å². The van der Waals surface area contributed by atoms with Crippen molar-refractivity contribution in [1.29, 1.82) is 0 Å². The highest BCUT2D eigenvalue weighted by molar-refractivity contribution is 5.49. The second-order valence-electron chi connectivity index (χ2n) is 4.18. The van der Waals surface area contributed by atoms with Crippen molar-refractivity contribution in [3.8, 4) is 0 Å². The summed E-state index contributed by atoms with van der Waals surface area (Å²) in [6, 6.07) is 8.19. The Balaban J connectivity index is 2.28. The molecule has 0 spiro atoms. The number of nitrogens with zero attached hydrogens (tertiary/aromatic N) is 2. The second kappa shape index (κ2) is 3.52. The number of carbonyl (C=O) groups excluding carboxylic acids is 1. The van der Waals surface area contributed by atoms with Crippen molar-refractivity contribution < 1.29 is 4.79 Å². The number of isocyanates is 1. The monoisotopic (exact) mass is 202 g/mol. The van der Waals surface area contributed by atoms with Gasteiger partial charge in [0.1, 0.15) is 0 Å². The van der Waals surface area contributed by atoms with E-state index < -0.39 is 0 Å². The van der Waals surface area contributed by atoms with Crippen LogP contribution in [0.4, 0.5) is 5.69 Å². The highest BCUT2D eigenvalue weighted by Crippen LogP contribution is 2.49. The van der Waals surface area contributed by atoms with Crippen molar-refractivity contribution in [2.45, 2.75) is 18.4 Å². The quantitative estimate of drug-likeness (QED) is 0.555. The molecule has 0 N–H and O–H groups in total. The molecule has 0 aromatic heterocycles. The maximum absolute atomic E-state index is 10.3. The van der Waals surface area contributed by atoms with Crippen LogP contribution in [0.2, 0.25) is 0 Å². The van der Waals surface area contributed by atoms with Crippen LogP contribution >= 0.6 is 0 Å². The Morgan fingerprint density at radius 3 is 2.27 bits per heavy atom. The molecule has 0 radical (unpaired) electrons.